The van der Waals surface area contributed by atoms with Gasteiger partial charge in [0.25, 0.3) is 0 Å². The van der Waals surface area contributed by atoms with Gasteiger partial charge in [-0.2, -0.15) is 0 Å². The predicted molar refractivity (Wildman–Crippen MR) is 61.8 cm³/mol. The molecule has 0 aromatic heterocycles. The van der Waals surface area contributed by atoms with Gasteiger partial charge in [-0.15, -0.1) is 0 Å². The molecule has 0 radical (unpaired) electrons. The smallest absolute Gasteiger partial charge is 0.234 e. The molecule has 0 spiro atoms. The van der Waals surface area contributed by atoms with Crippen molar-refractivity contribution in [1.82, 2.24) is 15.5 Å². The van der Waals surface area contributed by atoms with Crippen LogP contribution in [0.1, 0.15) is 26.7 Å². The lowest BCUT2D eigenvalue weighted by Crippen LogP contribution is -2.39. The van der Waals surface area contributed by atoms with Crippen LogP contribution in [0.5, 0.6) is 0 Å². The fourth-order valence-corrected chi connectivity index (χ4v) is 1.22. The minimum absolute atomic E-state index is 0.129. The maximum atomic E-state index is 11.3. The van der Waals surface area contributed by atoms with E-state index in [-0.39, 0.29) is 5.91 Å². The Kier molecular flexibility index (Phi) is 5.05. The van der Waals surface area contributed by atoms with Gasteiger partial charge in [0.05, 0.1) is 6.54 Å². The first-order valence-corrected chi connectivity index (χ1v) is 5.80. The van der Waals surface area contributed by atoms with Gasteiger partial charge >= 0.3 is 0 Å². The third-order valence-electron chi connectivity index (χ3n) is 2.75. The quantitative estimate of drug-likeness (QED) is 0.594. The van der Waals surface area contributed by atoms with Crippen LogP contribution >= 0.6 is 0 Å². The van der Waals surface area contributed by atoms with E-state index in [4.69, 9.17) is 0 Å². The number of rotatable bonds is 7. The van der Waals surface area contributed by atoms with Crippen molar-refractivity contribution in [3.8, 4) is 0 Å². The Morgan fingerprint density at radius 2 is 2.13 bits per heavy atom. The maximum Gasteiger partial charge on any atom is 0.234 e. The van der Waals surface area contributed by atoms with Crippen LogP contribution in [0.3, 0.4) is 0 Å². The number of amides is 1. The summed E-state index contributed by atoms with van der Waals surface area (Å²) >= 11 is 0. The van der Waals surface area contributed by atoms with E-state index in [0.29, 0.717) is 18.6 Å². The molecule has 1 aliphatic rings. The summed E-state index contributed by atoms with van der Waals surface area (Å²) in [7, 11) is 2.09. The van der Waals surface area contributed by atoms with Gasteiger partial charge in [0.2, 0.25) is 5.91 Å². The summed E-state index contributed by atoms with van der Waals surface area (Å²) in [6.07, 6.45) is 2.31. The molecule has 0 aromatic rings. The van der Waals surface area contributed by atoms with Gasteiger partial charge < -0.3 is 15.5 Å². The zero-order valence-corrected chi connectivity index (χ0v) is 10.0. The molecule has 0 saturated heterocycles. The molecule has 0 aromatic carbocycles. The number of likely N-dealkylation sites (N-methyl/N-ethyl adjacent to an activating group) is 1. The number of carbonyl (C=O) groups is 1. The third kappa shape index (κ3) is 5.74. The van der Waals surface area contributed by atoms with Crippen molar-refractivity contribution in [2.75, 3.05) is 26.7 Å². The van der Waals surface area contributed by atoms with E-state index in [1.807, 2.05) is 0 Å². The Balaban J connectivity index is 1.93. The van der Waals surface area contributed by atoms with Crippen LogP contribution in [0.4, 0.5) is 0 Å². The van der Waals surface area contributed by atoms with E-state index in [9.17, 15) is 4.79 Å². The molecule has 0 bridgehead atoms. The number of nitrogens with zero attached hydrogens (tertiary/aromatic N) is 1. The molecule has 1 saturated carbocycles. The molecule has 4 heteroatoms. The van der Waals surface area contributed by atoms with Gasteiger partial charge in [-0.1, -0.05) is 0 Å². The van der Waals surface area contributed by atoms with Crippen molar-refractivity contribution in [3.63, 3.8) is 0 Å². The summed E-state index contributed by atoms with van der Waals surface area (Å²) in [5.41, 5.74) is 0. The second kappa shape index (κ2) is 6.08. The molecule has 0 unspecified atom stereocenters. The molecular formula is C11H23N3O. The van der Waals surface area contributed by atoms with Crippen molar-refractivity contribution in [3.05, 3.63) is 0 Å². The van der Waals surface area contributed by atoms with Crippen LogP contribution < -0.4 is 10.6 Å². The van der Waals surface area contributed by atoms with Crippen LogP contribution in [0.2, 0.25) is 0 Å². The molecule has 0 atom stereocenters. The standard InChI is InChI=1S/C11H23N3O/c1-9(2)14(3)7-6-12-8-11(15)13-10-4-5-10/h9-10,12H,4-8H2,1-3H3,(H,13,15). The van der Waals surface area contributed by atoms with Crippen LogP contribution in [-0.4, -0.2) is 49.6 Å². The Labute approximate surface area is 92.4 Å². The second-order valence-electron chi connectivity index (χ2n) is 4.59. The largest absolute Gasteiger partial charge is 0.352 e. The van der Waals surface area contributed by atoms with Crippen molar-refractivity contribution in [2.24, 2.45) is 0 Å². The highest BCUT2D eigenvalue weighted by atomic mass is 16.2. The molecular weight excluding hydrogens is 190 g/mol. The summed E-state index contributed by atoms with van der Waals surface area (Å²) < 4.78 is 0. The van der Waals surface area contributed by atoms with Crippen LogP contribution in [-0.2, 0) is 4.79 Å². The van der Waals surface area contributed by atoms with Gasteiger partial charge in [-0.05, 0) is 33.7 Å². The summed E-state index contributed by atoms with van der Waals surface area (Å²) in [5.74, 6) is 0.129. The second-order valence-corrected chi connectivity index (χ2v) is 4.59. The van der Waals surface area contributed by atoms with Crippen LogP contribution in [0, 0.1) is 0 Å². The molecule has 1 rings (SSSR count). The molecule has 4 nitrogen and oxygen atoms in total. The highest BCUT2D eigenvalue weighted by Gasteiger charge is 2.22. The number of carbonyl (C=O) groups excluding carboxylic acids is 1. The van der Waals surface area contributed by atoms with E-state index in [1.165, 1.54) is 0 Å². The fourth-order valence-electron chi connectivity index (χ4n) is 1.22. The highest BCUT2D eigenvalue weighted by molar-refractivity contribution is 5.78. The third-order valence-corrected chi connectivity index (χ3v) is 2.75. The number of hydrogen-bond acceptors (Lipinski definition) is 3. The highest BCUT2D eigenvalue weighted by Crippen LogP contribution is 2.17. The molecule has 2 N–H and O–H groups in total. The van der Waals surface area contributed by atoms with Gasteiger partial charge in [-0.25, -0.2) is 0 Å². The first-order valence-electron chi connectivity index (χ1n) is 5.80. The Hall–Kier alpha value is -0.610. The Morgan fingerprint density at radius 1 is 1.47 bits per heavy atom. The first-order chi connectivity index (χ1) is 7.09. The Morgan fingerprint density at radius 3 is 2.67 bits per heavy atom. The van der Waals surface area contributed by atoms with Crippen molar-refractivity contribution in [2.45, 2.75) is 38.8 Å². The van der Waals surface area contributed by atoms with Crippen LogP contribution in [0.15, 0.2) is 0 Å². The lowest BCUT2D eigenvalue weighted by Gasteiger charge is -2.20. The summed E-state index contributed by atoms with van der Waals surface area (Å²) in [5, 5.41) is 6.10. The van der Waals surface area contributed by atoms with Gasteiger partial charge in [0.15, 0.2) is 0 Å². The van der Waals surface area contributed by atoms with Crippen molar-refractivity contribution >= 4 is 5.91 Å². The molecule has 15 heavy (non-hydrogen) atoms. The lowest BCUT2D eigenvalue weighted by molar-refractivity contribution is -0.120. The van der Waals surface area contributed by atoms with E-state index < -0.39 is 0 Å². The zero-order valence-electron chi connectivity index (χ0n) is 10.0. The van der Waals surface area contributed by atoms with Gasteiger partial charge in [-0.3, -0.25) is 4.79 Å². The molecule has 0 aliphatic heterocycles. The van der Waals surface area contributed by atoms with Crippen molar-refractivity contribution in [1.29, 1.82) is 0 Å². The summed E-state index contributed by atoms with van der Waals surface area (Å²) in [6.45, 7) is 6.63. The maximum absolute atomic E-state index is 11.3. The van der Waals surface area contributed by atoms with E-state index in [2.05, 4.69) is 36.4 Å². The normalized spacial score (nSPS) is 16.1. The van der Waals surface area contributed by atoms with Crippen LogP contribution in [0.25, 0.3) is 0 Å². The van der Waals surface area contributed by atoms with Crippen molar-refractivity contribution < 1.29 is 4.79 Å². The fraction of sp³-hybridized carbons (Fsp3) is 0.909. The number of nitrogens with one attached hydrogen (secondary N) is 2. The molecule has 0 heterocycles. The van der Waals surface area contributed by atoms with E-state index in [1.54, 1.807) is 0 Å². The van der Waals surface area contributed by atoms with E-state index in [0.717, 1.165) is 25.9 Å². The molecule has 1 amide bonds. The molecule has 1 fully saturated rings. The Bertz CT molecular complexity index is 202. The number of hydrogen-bond donors (Lipinski definition) is 2. The average molecular weight is 213 g/mol. The van der Waals surface area contributed by atoms with E-state index >= 15 is 0 Å². The molecule has 1 aliphatic carbocycles. The predicted octanol–water partition coefficient (Wildman–Crippen LogP) is 0.195. The molecule has 88 valence electrons. The SMILES string of the molecule is CC(C)N(C)CCNCC(=O)NC1CC1. The summed E-state index contributed by atoms with van der Waals surface area (Å²) in [4.78, 5) is 13.5. The van der Waals surface area contributed by atoms with Gasteiger partial charge in [0.1, 0.15) is 0 Å². The average Bonchev–Trinajstić information content (AvgIpc) is 2.95. The topological polar surface area (TPSA) is 44.4 Å². The lowest BCUT2D eigenvalue weighted by atomic mass is 10.3. The summed E-state index contributed by atoms with van der Waals surface area (Å²) in [6, 6.07) is 1.03. The monoisotopic (exact) mass is 213 g/mol. The zero-order chi connectivity index (χ0) is 11.3. The minimum Gasteiger partial charge on any atom is -0.352 e. The van der Waals surface area contributed by atoms with Gasteiger partial charge in [0, 0.05) is 25.2 Å². The minimum atomic E-state index is 0.129. The first kappa shape index (κ1) is 12.5.